The second-order valence-corrected chi connectivity index (χ2v) is 5.89. The molecule has 0 heterocycles. The van der Waals surface area contributed by atoms with Crippen LogP contribution in [0.25, 0.3) is 0 Å². The molecular formula is C10H22N2O2S. The molecule has 4 nitrogen and oxygen atoms in total. The Labute approximate surface area is 95.8 Å². The zero-order valence-corrected chi connectivity index (χ0v) is 10.5. The SMILES string of the molecule is CC(CO)CSC(C)CC(C)(N)C(N)=O. The lowest BCUT2D eigenvalue weighted by molar-refractivity contribution is -0.122. The minimum absolute atomic E-state index is 0.190. The number of nitrogens with two attached hydrogens (primary N) is 2. The number of aliphatic hydroxyl groups is 1. The molecule has 1 amide bonds. The molecule has 0 saturated heterocycles. The van der Waals surface area contributed by atoms with Crippen LogP contribution in [0.4, 0.5) is 0 Å². The first kappa shape index (κ1) is 14.7. The summed E-state index contributed by atoms with van der Waals surface area (Å²) in [5.41, 5.74) is 10.0. The number of carbonyl (C=O) groups is 1. The molecule has 5 N–H and O–H groups in total. The van der Waals surface area contributed by atoms with Gasteiger partial charge in [0.1, 0.15) is 0 Å². The third-order valence-electron chi connectivity index (χ3n) is 2.25. The van der Waals surface area contributed by atoms with E-state index >= 15 is 0 Å². The summed E-state index contributed by atoms with van der Waals surface area (Å²) in [4.78, 5) is 11.0. The van der Waals surface area contributed by atoms with Gasteiger partial charge in [0.2, 0.25) is 5.91 Å². The summed E-state index contributed by atoms with van der Waals surface area (Å²) in [6.45, 7) is 5.84. The first-order valence-electron chi connectivity index (χ1n) is 5.11. The van der Waals surface area contributed by atoms with Gasteiger partial charge < -0.3 is 16.6 Å². The number of carbonyl (C=O) groups excluding carboxylic acids is 1. The summed E-state index contributed by atoms with van der Waals surface area (Å²) in [6.07, 6.45) is 0.561. The maximum atomic E-state index is 11.0. The summed E-state index contributed by atoms with van der Waals surface area (Å²) >= 11 is 1.71. The normalized spacial score (nSPS) is 19.3. The van der Waals surface area contributed by atoms with Crippen LogP contribution in [-0.2, 0) is 4.79 Å². The van der Waals surface area contributed by atoms with Crippen LogP contribution in [-0.4, -0.2) is 34.2 Å². The average Bonchev–Trinajstić information content (AvgIpc) is 2.13. The van der Waals surface area contributed by atoms with Crippen molar-refractivity contribution in [3.8, 4) is 0 Å². The lowest BCUT2D eigenvalue weighted by Gasteiger charge is -2.24. The Kier molecular flexibility index (Phi) is 6.24. The number of rotatable bonds is 7. The minimum atomic E-state index is -0.936. The number of aliphatic hydroxyl groups excluding tert-OH is 1. The van der Waals surface area contributed by atoms with Crippen molar-refractivity contribution < 1.29 is 9.90 Å². The van der Waals surface area contributed by atoms with Crippen molar-refractivity contribution in [3.05, 3.63) is 0 Å². The van der Waals surface area contributed by atoms with Gasteiger partial charge in [-0.15, -0.1) is 0 Å². The van der Waals surface area contributed by atoms with E-state index in [1.807, 2.05) is 13.8 Å². The lowest BCUT2D eigenvalue weighted by Crippen LogP contribution is -2.50. The summed E-state index contributed by atoms with van der Waals surface area (Å²) < 4.78 is 0. The molecule has 3 unspecified atom stereocenters. The van der Waals surface area contributed by atoms with Gasteiger partial charge in [-0.05, 0) is 25.0 Å². The second kappa shape index (κ2) is 6.35. The first-order chi connectivity index (χ1) is 6.79. The van der Waals surface area contributed by atoms with E-state index in [1.54, 1.807) is 18.7 Å². The van der Waals surface area contributed by atoms with Crippen LogP contribution in [0.1, 0.15) is 27.2 Å². The van der Waals surface area contributed by atoms with Crippen molar-refractivity contribution in [1.29, 1.82) is 0 Å². The Morgan fingerprint density at radius 2 is 2.07 bits per heavy atom. The quantitative estimate of drug-likeness (QED) is 0.592. The molecule has 0 aliphatic carbocycles. The van der Waals surface area contributed by atoms with E-state index in [4.69, 9.17) is 16.6 Å². The van der Waals surface area contributed by atoms with Gasteiger partial charge in [-0.25, -0.2) is 0 Å². The van der Waals surface area contributed by atoms with Crippen molar-refractivity contribution in [2.75, 3.05) is 12.4 Å². The highest BCUT2D eigenvalue weighted by atomic mass is 32.2. The second-order valence-electron chi connectivity index (χ2n) is 4.42. The van der Waals surface area contributed by atoms with Gasteiger partial charge in [0.15, 0.2) is 0 Å². The van der Waals surface area contributed by atoms with Crippen molar-refractivity contribution >= 4 is 17.7 Å². The summed E-state index contributed by atoms with van der Waals surface area (Å²) in [7, 11) is 0. The number of thioether (sulfide) groups is 1. The topological polar surface area (TPSA) is 89.3 Å². The van der Waals surface area contributed by atoms with E-state index in [2.05, 4.69) is 0 Å². The molecule has 0 aliphatic rings. The number of hydrogen-bond donors (Lipinski definition) is 3. The molecule has 0 aliphatic heterocycles. The molecule has 90 valence electrons. The van der Waals surface area contributed by atoms with E-state index in [9.17, 15) is 4.79 Å². The number of amides is 1. The maximum absolute atomic E-state index is 11.0. The van der Waals surface area contributed by atoms with Crippen molar-refractivity contribution in [3.63, 3.8) is 0 Å². The van der Waals surface area contributed by atoms with E-state index in [0.717, 1.165) is 5.75 Å². The van der Waals surface area contributed by atoms with Crippen LogP contribution in [0, 0.1) is 5.92 Å². The fourth-order valence-electron chi connectivity index (χ4n) is 1.14. The molecule has 0 aromatic carbocycles. The molecule has 0 rings (SSSR count). The van der Waals surface area contributed by atoms with Gasteiger partial charge in [0, 0.05) is 11.9 Å². The van der Waals surface area contributed by atoms with Crippen LogP contribution in [0.3, 0.4) is 0 Å². The highest BCUT2D eigenvalue weighted by molar-refractivity contribution is 7.99. The largest absolute Gasteiger partial charge is 0.396 e. The van der Waals surface area contributed by atoms with Crippen molar-refractivity contribution in [2.45, 2.75) is 38.0 Å². The Bertz CT molecular complexity index is 210. The molecule has 0 fully saturated rings. The standard InChI is InChI=1S/C10H22N2O2S/c1-7(5-13)6-15-8(2)4-10(3,12)9(11)14/h7-8,13H,4-6,12H2,1-3H3,(H2,11,14). The average molecular weight is 234 g/mol. The smallest absolute Gasteiger partial charge is 0.237 e. The van der Waals surface area contributed by atoms with Crippen molar-refractivity contribution in [2.24, 2.45) is 17.4 Å². The molecule has 0 saturated carbocycles. The van der Waals surface area contributed by atoms with Gasteiger partial charge in [-0.1, -0.05) is 13.8 Å². The predicted molar refractivity (Wildman–Crippen MR) is 64.6 cm³/mol. The van der Waals surface area contributed by atoms with Gasteiger partial charge in [0.05, 0.1) is 5.54 Å². The van der Waals surface area contributed by atoms with Gasteiger partial charge in [0.25, 0.3) is 0 Å². The Morgan fingerprint density at radius 1 is 1.53 bits per heavy atom. The summed E-state index contributed by atoms with van der Waals surface area (Å²) in [6, 6.07) is 0. The Hall–Kier alpha value is -0.260. The van der Waals surface area contributed by atoms with Crippen LogP contribution in [0.2, 0.25) is 0 Å². The zero-order chi connectivity index (χ0) is 12.1. The minimum Gasteiger partial charge on any atom is -0.396 e. The Morgan fingerprint density at radius 3 is 2.47 bits per heavy atom. The first-order valence-corrected chi connectivity index (χ1v) is 6.15. The molecule has 0 bridgehead atoms. The molecule has 0 aromatic rings. The van der Waals surface area contributed by atoms with Crippen molar-refractivity contribution in [1.82, 2.24) is 0 Å². The van der Waals surface area contributed by atoms with Gasteiger partial charge >= 0.3 is 0 Å². The third kappa shape index (κ3) is 6.02. The molecule has 0 radical (unpaired) electrons. The monoisotopic (exact) mass is 234 g/mol. The highest BCUT2D eigenvalue weighted by Gasteiger charge is 2.28. The zero-order valence-electron chi connectivity index (χ0n) is 9.69. The fraction of sp³-hybridized carbons (Fsp3) is 0.900. The lowest BCUT2D eigenvalue weighted by atomic mass is 9.97. The molecule has 0 aromatic heterocycles. The molecular weight excluding hydrogens is 212 g/mol. The third-order valence-corrected chi connectivity index (χ3v) is 3.75. The van der Waals surface area contributed by atoms with Gasteiger partial charge in [-0.3, -0.25) is 4.79 Å². The number of primary amides is 1. The molecule has 3 atom stereocenters. The van der Waals surface area contributed by atoms with E-state index in [1.165, 1.54) is 0 Å². The molecule has 5 heteroatoms. The highest BCUT2D eigenvalue weighted by Crippen LogP contribution is 2.22. The number of hydrogen-bond acceptors (Lipinski definition) is 4. The molecule has 0 spiro atoms. The Balaban J connectivity index is 3.93. The van der Waals surface area contributed by atoms with Gasteiger partial charge in [-0.2, -0.15) is 11.8 Å². The fourth-order valence-corrected chi connectivity index (χ4v) is 2.36. The predicted octanol–water partition coefficient (Wildman–Crippen LogP) is 0.329. The van der Waals surface area contributed by atoms with E-state index in [-0.39, 0.29) is 17.8 Å². The summed E-state index contributed by atoms with van der Waals surface area (Å²) in [5, 5.41) is 9.12. The van der Waals surface area contributed by atoms with E-state index in [0.29, 0.717) is 6.42 Å². The van der Waals surface area contributed by atoms with E-state index < -0.39 is 11.4 Å². The molecule has 15 heavy (non-hydrogen) atoms. The van der Waals surface area contributed by atoms with Crippen LogP contribution in [0.15, 0.2) is 0 Å². The van der Waals surface area contributed by atoms with Crippen LogP contribution < -0.4 is 11.5 Å². The maximum Gasteiger partial charge on any atom is 0.237 e. The van der Waals surface area contributed by atoms with Crippen LogP contribution >= 0.6 is 11.8 Å². The van der Waals surface area contributed by atoms with Crippen LogP contribution in [0.5, 0.6) is 0 Å². The summed E-state index contributed by atoms with van der Waals surface area (Å²) in [5.74, 6) is 0.673.